The molecule has 0 heterocycles. The lowest BCUT2D eigenvalue weighted by molar-refractivity contribution is 0.0695. The van der Waals surface area contributed by atoms with Crippen molar-refractivity contribution in [2.75, 3.05) is 0 Å². The van der Waals surface area contributed by atoms with E-state index >= 15 is 0 Å². The highest BCUT2D eigenvalue weighted by Gasteiger charge is 2.11. The van der Waals surface area contributed by atoms with Crippen LogP contribution >= 0.6 is 0 Å². The molecule has 0 fully saturated rings. The molecule has 2 N–H and O–H groups in total. The highest BCUT2D eigenvalue weighted by atomic mass is 16.4. The van der Waals surface area contributed by atoms with Crippen LogP contribution in [0.3, 0.4) is 0 Å². The SMILES string of the molecule is CCC(C)CC(C)NCc1ccccc1C(=O)O. The van der Waals surface area contributed by atoms with E-state index in [4.69, 9.17) is 5.11 Å². The number of aromatic carboxylic acids is 1. The molecule has 1 rings (SSSR count). The van der Waals surface area contributed by atoms with E-state index in [9.17, 15) is 4.79 Å². The van der Waals surface area contributed by atoms with Crippen LogP contribution in [-0.2, 0) is 6.54 Å². The maximum Gasteiger partial charge on any atom is 0.336 e. The molecule has 0 saturated carbocycles. The van der Waals surface area contributed by atoms with Crippen LogP contribution in [0.1, 0.15) is 49.5 Å². The van der Waals surface area contributed by atoms with Crippen molar-refractivity contribution in [1.82, 2.24) is 5.32 Å². The minimum atomic E-state index is -0.859. The van der Waals surface area contributed by atoms with Crippen LogP contribution in [-0.4, -0.2) is 17.1 Å². The number of hydrogen-bond donors (Lipinski definition) is 2. The second kappa shape index (κ2) is 7.17. The normalized spacial score (nSPS) is 14.2. The van der Waals surface area contributed by atoms with E-state index in [1.54, 1.807) is 12.1 Å². The molecule has 0 spiro atoms. The van der Waals surface area contributed by atoms with Gasteiger partial charge in [-0.05, 0) is 30.9 Å². The Morgan fingerprint density at radius 3 is 2.61 bits per heavy atom. The Morgan fingerprint density at radius 2 is 2.00 bits per heavy atom. The molecular weight excluding hydrogens is 226 g/mol. The minimum Gasteiger partial charge on any atom is -0.478 e. The van der Waals surface area contributed by atoms with Crippen LogP contribution in [0.4, 0.5) is 0 Å². The molecule has 0 bridgehead atoms. The van der Waals surface area contributed by atoms with Crippen LogP contribution in [0, 0.1) is 5.92 Å². The quantitative estimate of drug-likeness (QED) is 0.779. The van der Waals surface area contributed by atoms with Crippen molar-refractivity contribution in [1.29, 1.82) is 0 Å². The predicted molar refractivity (Wildman–Crippen MR) is 73.8 cm³/mol. The fourth-order valence-electron chi connectivity index (χ4n) is 2.02. The molecule has 3 heteroatoms. The molecule has 1 aromatic carbocycles. The Morgan fingerprint density at radius 1 is 1.33 bits per heavy atom. The Bertz CT molecular complexity index is 390. The average Bonchev–Trinajstić information content (AvgIpc) is 2.36. The molecule has 2 unspecified atom stereocenters. The molecule has 0 saturated heterocycles. The highest BCUT2D eigenvalue weighted by Crippen LogP contribution is 2.12. The monoisotopic (exact) mass is 249 g/mol. The first-order valence-corrected chi connectivity index (χ1v) is 6.59. The van der Waals surface area contributed by atoms with Gasteiger partial charge in [0.15, 0.2) is 0 Å². The summed E-state index contributed by atoms with van der Waals surface area (Å²) >= 11 is 0. The number of carbonyl (C=O) groups is 1. The van der Waals surface area contributed by atoms with Crippen molar-refractivity contribution in [2.24, 2.45) is 5.92 Å². The van der Waals surface area contributed by atoms with Crippen molar-refractivity contribution in [3.8, 4) is 0 Å². The van der Waals surface area contributed by atoms with E-state index in [0.717, 1.165) is 12.0 Å². The molecule has 2 atom stereocenters. The van der Waals surface area contributed by atoms with Crippen LogP contribution < -0.4 is 5.32 Å². The van der Waals surface area contributed by atoms with E-state index in [1.165, 1.54) is 6.42 Å². The Labute approximate surface area is 109 Å². The molecule has 0 aliphatic carbocycles. The summed E-state index contributed by atoms with van der Waals surface area (Å²) in [7, 11) is 0. The second-order valence-electron chi connectivity index (χ2n) is 4.99. The van der Waals surface area contributed by atoms with Crippen molar-refractivity contribution >= 4 is 5.97 Å². The number of carboxylic acids is 1. The fraction of sp³-hybridized carbons (Fsp3) is 0.533. The van der Waals surface area contributed by atoms with E-state index in [0.29, 0.717) is 24.1 Å². The number of rotatable bonds is 7. The zero-order valence-corrected chi connectivity index (χ0v) is 11.4. The van der Waals surface area contributed by atoms with Gasteiger partial charge in [-0.1, -0.05) is 38.5 Å². The lowest BCUT2D eigenvalue weighted by atomic mass is 10.00. The third kappa shape index (κ3) is 4.49. The Hall–Kier alpha value is -1.35. The summed E-state index contributed by atoms with van der Waals surface area (Å²) in [5.41, 5.74) is 1.24. The van der Waals surface area contributed by atoms with Crippen molar-refractivity contribution < 1.29 is 9.90 Å². The lowest BCUT2D eigenvalue weighted by Crippen LogP contribution is -2.28. The molecule has 100 valence electrons. The van der Waals surface area contributed by atoms with Gasteiger partial charge in [0.1, 0.15) is 0 Å². The molecule has 1 aromatic rings. The van der Waals surface area contributed by atoms with Crippen molar-refractivity contribution in [3.63, 3.8) is 0 Å². The number of carboxylic acid groups (broad SMARTS) is 1. The third-order valence-corrected chi connectivity index (χ3v) is 3.34. The maximum absolute atomic E-state index is 11.1. The van der Waals surface area contributed by atoms with E-state index in [-0.39, 0.29) is 0 Å². The summed E-state index contributed by atoms with van der Waals surface area (Å²) in [6, 6.07) is 7.56. The summed E-state index contributed by atoms with van der Waals surface area (Å²) in [6.07, 6.45) is 2.30. The van der Waals surface area contributed by atoms with Crippen molar-refractivity contribution in [3.05, 3.63) is 35.4 Å². The molecule has 3 nitrogen and oxygen atoms in total. The smallest absolute Gasteiger partial charge is 0.336 e. The summed E-state index contributed by atoms with van der Waals surface area (Å²) in [6.45, 7) is 7.19. The first-order chi connectivity index (χ1) is 8.54. The van der Waals surface area contributed by atoms with E-state index in [2.05, 4.69) is 26.1 Å². The number of benzene rings is 1. The van der Waals surface area contributed by atoms with Gasteiger partial charge in [0.05, 0.1) is 5.56 Å². The third-order valence-electron chi connectivity index (χ3n) is 3.34. The summed E-state index contributed by atoms with van der Waals surface area (Å²) < 4.78 is 0. The second-order valence-corrected chi connectivity index (χ2v) is 4.99. The molecule has 0 amide bonds. The number of nitrogens with one attached hydrogen (secondary N) is 1. The van der Waals surface area contributed by atoms with Crippen LogP contribution in [0.5, 0.6) is 0 Å². The first kappa shape index (κ1) is 14.7. The van der Waals surface area contributed by atoms with Gasteiger partial charge in [-0.3, -0.25) is 0 Å². The maximum atomic E-state index is 11.1. The van der Waals surface area contributed by atoms with Gasteiger partial charge in [-0.2, -0.15) is 0 Å². The lowest BCUT2D eigenvalue weighted by Gasteiger charge is -2.18. The van der Waals surface area contributed by atoms with Gasteiger partial charge in [0.25, 0.3) is 0 Å². The molecule has 0 aromatic heterocycles. The molecular formula is C15H23NO2. The van der Waals surface area contributed by atoms with Crippen LogP contribution in [0.2, 0.25) is 0 Å². The van der Waals surface area contributed by atoms with Gasteiger partial charge in [0.2, 0.25) is 0 Å². The Balaban J connectivity index is 2.55. The summed E-state index contributed by atoms with van der Waals surface area (Å²) in [5.74, 6) is -0.163. The molecule has 0 radical (unpaired) electrons. The van der Waals surface area contributed by atoms with Gasteiger partial charge in [-0.15, -0.1) is 0 Å². The zero-order valence-electron chi connectivity index (χ0n) is 11.4. The predicted octanol–water partition coefficient (Wildman–Crippen LogP) is 3.30. The standard InChI is InChI=1S/C15H23NO2/c1-4-11(2)9-12(3)16-10-13-7-5-6-8-14(13)15(17)18/h5-8,11-12,16H,4,9-10H2,1-3H3,(H,17,18). The summed E-state index contributed by atoms with van der Waals surface area (Å²) in [5, 5.41) is 12.5. The van der Waals surface area contributed by atoms with E-state index < -0.39 is 5.97 Å². The summed E-state index contributed by atoms with van der Waals surface area (Å²) in [4.78, 5) is 11.1. The molecule has 18 heavy (non-hydrogen) atoms. The minimum absolute atomic E-state index is 0.390. The zero-order chi connectivity index (χ0) is 13.5. The topological polar surface area (TPSA) is 49.3 Å². The first-order valence-electron chi connectivity index (χ1n) is 6.59. The van der Waals surface area contributed by atoms with Crippen LogP contribution in [0.15, 0.2) is 24.3 Å². The largest absolute Gasteiger partial charge is 0.478 e. The van der Waals surface area contributed by atoms with Gasteiger partial charge in [-0.25, -0.2) is 4.79 Å². The van der Waals surface area contributed by atoms with Gasteiger partial charge in [0, 0.05) is 12.6 Å². The average molecular weight is 249 g/mol. The Kier molecular flexibility index (Phi) is 5.86. The highest BCUT2D eigenvalue weighted by molar-refractivity contribution is 5.89. The number of hydrogen-bond acceptors (Lipinski definition) is 2. The fourth-order valence-corrected chi connectivity index (χ4v) is 2.02. The van der Waals surface area contributed by atoms with Crippen molar-refractivity contribution in [2.45, 2.75) is 46.2 Å². The van der Waals surface area contributed by atoms with Crippen LogP contribution in [0.25, 0.3) is 0 Å². The van der Waals surface area contributed by atoms with Gasteiger partial charge >= 0.3 is 5.97 Å². The molecule has 0 aliphatic rings. The van der Waals surface area contributed by atoms with Gasteiger partial charge < -0.3 is 10.4 Å². The molecule has 0 aliphatic heterocycles. The van der Waals surface area contributed by atoms with E-state index in [1.807, 2.05) is 12.1 Å².